The van der Waals surface area contributed by atoms with Crippen molar-refractivity contribution in [2.75, 3.05) is 19.7 Å². The lowest BCUT2D eigenvalue weighted by Crippen LogP contribution is -2.33. The molecule has 2 rings (SSSR count). The average Bonchev–Trinajstić information content (AvgIpc) is 2.74. The molecule has 1 amide bonds. The van der Waals surface area contributed by atoms with E-state index in [-0.39, 0.29) is 12.5 Å². The molecular formula is C14H19BrN4O2. The summed E-state index contributed by atoms with van der Waals surface area (Å²) in [7, 11) is 0. The minimum atomic E-state index is 0.0184. The average molecular weight is 355 g/mol. The van der Waals surface area contributed by atoms with E-state index in [1.165, 1.54) is 0 Å². The number of rotatable bonds is 6. The number of aliphatic hydroxyl groups is 1. The summed E-state index contributed by atoms with van der Waals surface area (Å²) in [5, 5.41) is 8.90. The van der Waals surface area contributed by atoms with Crippen molar-refractivity contribution in [1.82, 2.24) is 19.4 Å². The molecular weight excluding hydrogens is 336 g/mol. The van der Waals surface area contributed by atoms with Gasteiger partial charge in [0.25, 0.3) is 0 Å². The third-order valence-electron chi connectivity index (χ3n) is 3.39. The third kappa shape index (κ3) is 3.79. The van der Waals surface area contributed by atoms with Gasteiger partial charge in [-0.1, -0.05) is 0 Å². The summed E-state index contributed by atoms with van der Waals surface area (Å²) < 4.78 is 2.96. The molecule has 1 N–H and O–H groups in total. The first kappa shape index (κ1) is 15.9. The maximum Gasteiger partial charge on any atom is 0.219 e. The molecule has 0 aliphatic carbocycles. The van der Waals surface area contributed by atoms with Gasteiger partial charge in [-0.25, -0.2) is 9.97 Å². The molecule has 2 aromatic heterocycles. The maximum atomic E-state index is 11.6. The molecule has 0 saturated carbocycles. The van der Waals surface area contributed by atoms with Crippen LogP contribution in [0, 0.1) is 6.92 Å². The molecule has 0 aliphatic heterocycles. The van der Waals surface area contributed by atoms with Crippen LogP contribution in [-0.2, 0) is 11.3 Å². The van der Waals surface area contributed by atoms with Gasteiger partial charge in [0.1, 0.15) is 5.82 Å². The highest BCUT2D eigenvalue weighted by Gasteiger charge is 2.12. The van der Waals surface area contributed by atoms with E-state index < -0.39 is 0 Å². The van der Waals surface area contributed by atoms with Gasteiger partial charge >= 0.3 is 0 Å². The van der Waals surface area contributed by atoms with Crippen LogP contribution in [0.5, 0.6) is 0 Å². The number of imidazole rings is 1. The SMILES string of the molecule is CC(=O)N(CCCO)CCn1c(C)nc2ncc(Br)cc21. The first-order valence-electron chi connectivity index (χ1n) is 6.87. The molecule has 2 aromatic rings. The lowest BCUT2D eigenvalue weighted by molar-refractivity contribution is -0.129. The van der Waals surface area contributed by atoms with Crippen LogP contribution in [0.4, 0.5) is 0 Å². The lowest BCUT2D eigenvalue weighted by atomic mass is 10.3. The molecule has 0 bridgehead atoms. The fraction of sp³-hybridized carbons (Fsp3) is 0.500. The molecule has 0 spiro atoms. The van der Waals surface area contributed by atoms with E-state index in [1.54, 1.807) is 18.0 Å². The Kier molecular flexibility index (Phi) is 5.30. The van der Waals surface area contributed by atoms with Crippen molar-refractivity contribution in [2.24, 2.45) is 0 Å². The Labute approximate surface area is 131 Å². The zero-order valence-electron chi connectivity index (χ0n) is 12.2. The van der Waals surface area contributed by atoms with Gasteiger partial charge in [0.05, 0.1) is 5.52 Å². The first-order chi connectivity index (χ1) is 10.0. The van der Waals surface area contributed by atoms with Gasteiger partial charge < -0.3 is 14.6 Å². The summed E-state index contributed by atoms with van der Waals surface area (Å²) >= 11 is 3.42. The van der Waals surface area contributed by atoms with Crippen LogP contribution < -0.4 is 0 Å². The molecule has 21 heavy (non-hydrogen) atoms. The van der Waals surface area contributed by atoms with Gasteiger partial charge in [0.2, 0.25) is 5.91 Å². The number of nitrogens with zero attached hydrogens (tertiary/aromatic N) is 4. The highest BCUT2D eigenvalue weighted by atomic mass is 79.9. The number of carbonyl (C=O) groups is 1. The molecule has 0 unspecified atom stereocenters. The highest BCUT2D eigenvalue weighted by Crippen LogP contribution is 2.18. The number of halogens is 1. The number of carbonyl (C=O) groups excluding carboxylic acids is 1. The molecule has 114 valence electrons. The Hall–Kier alpha value is -1.47. The summed E-state index contributed by atoms with van der Waals surface area (Å²) in [5.74, 6) is 0.895. The molecule has 0 saturated heterocycles. The number of hydrogen-bond acceptors (Lipinski definition) is 4. The topological polar surface area (TPSA) is 71.2 Å². The monoisotopic (exact) mass is 354 g/mol. The van der Waals surface area contributed by atoms with E-state index in [1.807, 2.05) is 13.0 Å². The van der Waals surface area contributed by atoms with E-state index in [9.17, 15) is 4.79 Å². The summed E-state index contributed by atoms with van der Waals surface area (Å²) in [6, 6.07) is 1.98. The summed E-state index contributed by atoms with van der Waals surface area (Å²) in [5.41, 5.74) is 1.66. The fourth-order valence-corrected chi connectivity index (χ4v) is 2.60. The number of aliphatic hydroxyl groups excluding tert-OH is 1. The Morgan fingerprint density at radius 3 is 2.90 bits per heavy atom. The molecule has 2 heterocycles. The van der Waals surface area contributed by atoms with E-state index >= 15 is 0 Å². The van der Waals surface area contributed by atoms with Crippen LogP contribution in [0.15, 0.2) is 16.7 Å². The van der Waals surface area contributed by atoms with Crippen LogP contribution in [0.2, 0.25) is 0 Å². The van der Waals surface area contributed by atoms with Crippen LogP contribution in [0.25, 0.3) is 11.2 Å². The summed E-state index contributed by atoms with van der Waals surface area (Å²) in [6.07, 6.45) is 2.32. The van der Waals surface area contributed by atoms with Crippen molar-refractivity contribution < 1.29 is 9.90 Å². The van der Waals surface area contributed by atoms with E-state index in [2.05, 4.69) is 30.5 Å². The number of amides is 1. The quantitative estimate of drug-likeness (QED) is 0.857. The molecule has 0 fully saturated rings. The van der Waals surface area contributed by atoms with E-state index in [4.69, 9.17) is 5.11 Å². The normalized spacial score (nSPS) is 11.0. The molecule has 6 nitrogen and oxygen atoms in total. The summed E-state index contributed by atoms with van der Waals surface area (Å²) in [6.45, 7) is 5.39. The zero-order valence-corrected chi connectivity index (χ0v) is 13.8. The van der Waals surface area contributed by atoms with Gasteiger partial charge in [-0.05, 0) is 35.3 Å². The minimum absolute atomic E-state index is 0.0184. The number of pyridine rings is 1. The van der Waals surface area contributed by atoms with Crippen molar-refractivity contribution in [1.29, 1.82) is 0 Å². The number of hydrogen-bond donors (Lipinski definition) is 1. The van der Waals surface area contributed by atoms with Crippen LogP contribution >= 0.6 is 15.9 Å². The Balaban J connectivity index is 2.17. The van der Waals surface area contributed by atoms with Gasteiger partial charge in [-0.3, -0.25) is 4.79 Å². The van der Waals surface area contributed by atoms with Crippen LogP contribution in [0.1, 0.15) is 19.2 Å². The molecule has 0 aliphatic rings. The van der Waals surface area contributed by atoms with Crippen molar-refractivity contribution in [3.63, 3.8) is 0 Å². The van der Waals surface area contributed by atoms with Crippen LogP contribution in [0.3, 0.4) is 0 Å². The first-order valence-corrected chi connectivity index (χ1v) is 7.67. The summed E-state index contributed by atoms with van der Waals surface area (Å²) in [4.78, 5) is 22.1. The second kappa shape index (κ2) is 7.00. The van der Waals surface area contributed by atoms with Crippen molar-refractivity contribution in [2.45, 2.75) is 26.8 Å². The molecule has 7 heteroatoms. The minimum Gasteiger partial charge on any atom is -0.396 e. The van der Waals surface area contributed by atoms with E-state index in [0.29, 0.717) is 31.7 Å². The zero-order chi connectivity index (χ0) is 15.4. The molecule has 0 aromatic carbocycles. The van der Waals surface area contributed by atoms with Gasteiger partial charge in [0, 0.05) is 43.8 Å². The predicted molar refractivity (Wildman–Crippen MR) is 83.9 cm³/mol. The van der Waals surface area contributed by atoms with Crippen LogP contribution in [-0.4, -0.2) is 50.1 Å². The van der Waals surface area contributed by atoms with Gasteiger partial charge in [-0.15, -0.1) is 0 Å². The third-order valence-corrected chi connectivity index (χ3v) is 3.82. The smallest absolute Gasteiger partial charge is 0.219 e. The Morgan fingerprint density at radius 1 is 1.48 bits per heavy atom. The standard InChI is InChI=1S/C14H19BrN4O2/c1-10-17-14-13(8-12(15)9-16-14)19(10)6-5-18(11(2)21)4-3-7-20/h8-9,20H,3-7H2,1-2H3. The largest absolute Gasteiger partial charge is 0.396 e. The van der Waals surface area contributed by atoms with E-state index in [0.717, 1.165) is 15.8 Å². The van der Waals surface area contributed by atoms with Crippen molar-refractivity contribution >= 4 is 33.0 Å². The predicted octanol–water partition coefficient (Wildman–Crippen LogP) is 1.73. The highest BCUT2D eigenvalue weighted by molar-refractivity contribution is 9.10. The Bertz CT molecular complexity index is 641. The van der Waals surface area contributed by atoms with Crippen molar-refractivity contribution in [3.8, 4) is 0 Å². The molecule has 0 radical (unpaired) electrons. The number of aromatic nitrogens is 3. The Morgan fingerprint density at radius 2 is 2.24 bits per heavy atom. The molecule has 0 atom stereocenters. The van der Waals surface area contributed by atoms with Gasteiger partial charge in [0.15, 0.2) is 5.65 Å². The maximum absolute atomic E-state index is 11.6. The lowest BCUT2D eigenvalue weighted by Gasteiger charge is -2.21. The van der Waals surface area contributed by atoms with Gasteiger partial charge in [-0.2, -0.15) is 0 Å². The second-order valence-electron chi connectivity index (χ2n) is 4.89. The number of fused-ring (bicyclic) bond motifs is 1. The fourth-order valence-electron chi connectivity index (χ4n) is 2.29. The van der Waals surface area contributed by atoms with Crippen molar-refractivity contribution in [3.05, 3.63) is 22.6 Å². The number of aryl methyl sites for hydroxylation is 1. The second-order valence-corrected chi connectivity index (χ2v) is 5.81.